The summed E-state index contributed by atoms with van der Waals surface area (Å²) < 4.78 is 43.5. The Bertz CT molecular complexity index is 976. The second-order valence-corrected chi connectivity index (χ2v) is 7.72. The van der Waals surface area contributed by atoms with E-state index in [0.29, 0.717) is 18.0 Å². The Morgan fingerprint density at radius 2 is 1.79 bits per heavy atom. The molecule has 29 heavy (non-hydrogen) atoms. The zero-order valence-corrected chi connectivity index (χ0v) is 17.0. The standard InChI is InChI=1S/C21H19Cl2F3N2O/c1-14(18-8-7-17(22)11-19(18)23)20(29,21(24,25)26)16-12-27-28(13-16)10-9-15-5-3-2-4-6-15/h2-8,11-14,29H,9-10H2,1H3. The van der Waals surface area contributed by atoms with E-state index < -0.39 is 17.7 Å². The van der Waals surface area contributed by atoms with Gasteiger partial charge in [-0.1, -0.05) is 66.5 Å². The third kappa shape index (κ3) is 4.44. The van der Waals surface area contributed by atoms with Crippen LogP contribution in [0.4, 0.5) is 13.2 Å². The van der Waals surface area contributed by atoms with Crippen molar-refractivity contribution in [2.45, 2.75) is 37.6 Å². The summed E-state index contributed by atoms with van der Waals surface area (Å²) >= 11 is 12.0. The first-order chi connectivity index (χ1) is 13.6. The predicted octanol–water partition coefficient (Wildman–Crippen LogP) is 5.99. The number of aromatic nitrogens is 2. The van der Waals surface area contributed by atoms with Gasteiger partial charge in [-0.05, 0) is 29.7 Å². The van der Waals surface area contributed by atoms with Crippen molar-refractivity contribution < 1.29 is 18.3 Å². The number of halogens is 5. The average Bonchev–Trinajstić information content (AvgIpc) is 3.14. The maximum Gasteiger partial charge on any atom is 0.422 e. The molecule has 2 unspecified atom stereocenters. The van der Waals surface area contributed by atoms with Gasteiger partial charge in [0.25, 0.3) is 0 Å². The van der Waals surface area contributed by atoms with Crippen LogP contribution in [0.25, 0.3) is 0 Å². The molecule has 1 heterocycles. The first-order valence-corrected chi connectivity index (χ1v) is 9.69. The highest BCUT2D eigenvalue weighted by molar-refractivity contribution is 6.35. The lowest BCUT2D eigenvalue weighted by molar-refractivity contribution is -0.274. The second kappa shape index (κ2) is 8.38. The van der Waals surface area contributed by atoms with Gasteiger partial charge in [-0.3, -0.25) is 4.68 Å². The van der Waals surface area contributed by atoms with E-state index in [0.717, 1.165) is 11.8 Å². The number of hydrogen-bond donors (Lipinski definition) is 1. The Hall–Kier alpha value is -2.02. The summed E-state index contributed by atoms with van der Waals surface area (Å²) in [5, 5.41) is 15.3. The summed E-state index contributed by atoms with van der Waals surface area (Å²) in [6, 6.07) is 13.7. The molecule has 8 heteroatoms. The van der Waals surface area contributed by atoms with Gasteiger partial charge in [-0.2, -0.15) is 18.3 Å². The summed E-state index contributed by atoms with van der Waals surface area (Å²) in [5.41, 5.74) is -2.31. The maximum absolute atomic E-state index is 14.0. The number of benzene rings is 2. The van der Waals surface area contributed by atoms with Gasteiger partial charge in [0.2, 0.25) is 0 Å². The lowest BCUT2D eigenvalue weighted by Gasteiger charge is -2.35. The van der Waals surface area contributed by atoms with Crippen molar-refractivity contribution in [1.82, 2.24) is 9.78 Å². The fraction of sp³-hybridized carbons (Fsp3) is 0.286. The molecule has 0 bridgehead atoms. The molecular formula is C21H19Cl2F3N2O. The van der Waals surface area contributed by atoms with E-state index in [2.05, 4.69) is 5.10 Å². The Morgan fingerprint density at radius 3 is 2.41 bits per heavy atom. The van der Waals surface area contributed by atoms with Gasteiger partial charge in [-0.25, -0.2) is 0 Å². The van der Waals surface area contributed by atoms with Crippen molar-refractivity contribution in [3.8, 4) is 0 Å². The number of aliphatic hydroxyl groups is 1. The van der Waals surface area contributed by atoms with Crippen LogP contribution in [-0.2, 0) is 18.6 Å². The normalized spacial score (nSPS) is 15.1. The first-order valence-electron chi connectivity index (χ1n) is 8.94. The molecule has 0 saturated carbocycles. The molecule has 3 rings (SSSR count). The fourth-order valence-corrected chi connectivity index (χ4v) is 3.88. The minimum absolute atomic E-state index is 0.0594. The molecule has 1 N–H and O–H groups in total. The summed E-state index contributed by atoms with van der Waals surface area (Å²) in [4.78, 5) is 0. The van der Waals surface area contributed by atoms with Gasteiger partial charge in [0.1, 0.15) is 0 Å². The van der Waals surface area contributed by atoms with E-state index in [4.69, 9.17) is 23.2 Å². The van der Waals surface area contributed by atoms with Crippen LogP contribution in [0.5, 0.6) is 0 Å². The van der Waals surface area contributed by atoms with Gasteiger partial charge in [0.05, 0.1) is 6.20 Å². The van der Waals surface area contributed by atoms with E-state index in [1.165, 1.54) is 36.0 Å². The Balaban J connectivity index is 1.91. The highest BCUT2D eigenvalue weighted by atomic mass is 35.5. The predicted molar refractivity (Wildman–Crippen MR) is 107 cm³/mol. The number of nitrogens with zero attached hydrogens (tertiary/aromatic N) is 2. The lowest BCUT2D eigenvalue weighted by Crippen LogP contribution is -2.46. The molecule has 0 radical (unpaired) electrons. The van der Waals surface area contributed by atoms with E-state index in [1.54, 1.807) is 0 Å². The largest absolute Gasteiger partial charge is 0.422 e. The zero-order valence-electron chi connectivity index (χ0n) is 15.5. The SMILES string of the molecule is CC(c1ccc(Cl)cc1Cl)C(O)(c1cnn(CCc2ccccc2)c1)C(F)(F)F. The molecule has 0 spiro atoms. The highest BCUT2D eigenvalue weighted by Crippen LogP contribution is 2.49. The Kier molecular flexibility index (Phi) is 6.27. The third-order valence-corrected chi connectivity index (χ3v) is 5.60. The number of rotatable bonds is 6. The van der Waals surface area contributed by atoms with Crippen LogP contribution in [0, 0.1) is 0 Å². The number of alkyl halides is 3. The Morgan fingerprint density at radius 1 is 1.10 bits per heavy atom. The topological polar surface area (TPSA) is 38.1 Å². The smallest absolute Gasteiger partial charge is 0.376 e. The summed E-state index contributed by atoms with van der Waals surface area (Å²) in [6.07, 6.45) is -2.05. The van der Waals surface area contributed by atoms with E-state index in [9.17, 15) is 18.3 Å². The molecule has 2 atom stereocenters. The number of aryl methyl sites for hydroxylation is 2. The highest BCUT2D eigenvalue weighted by Gasteiger charge is 2.59. The second-order valence-electron chi connectivity index (χ2n) is 6.88. The van der Waals surface area contributed by atoms with Gasteiger partial charge in [0.15, 0.2) is 5.60 Å². The van der Waals surface area contributed by atoms with Crippen molar-refractivity contribution in [1.29, 1.82) is 0 Å². The molecule has 0 fully saturated rings. The molecule has 0 aliphatic heterocycles. The molecular weight excluding hydrogens is 424 g/mol. The maximum atomic E-state index is 14.0. The van der Waals surface area contributed by atoms with Crippen molar-refractivity contribution in [3.63, 3.8) is 0 Å². The van der Waals surface area contributed by atoms with Crippen molar-refractivity contribution in [2.75, 3.05) is 0 Å². The molecule has 0 amide bonds. The molecule has 0 aliphatic rings. The van der Waals surface area contributed by atoms with Crippen LogP contribution < -0.4 is 0 Å². The van der Waals surface area contributed by atoms with Crippen molar-refractivity contribution >= 4 is 23.2 Å². The van der Waals surface area contributed by atoms with Gasteiger partial charge < -0.3 is 5.11 Å². The summed E-state index contributed by atoms with van der Waals surface area (Å²) in [6.45, 7) is 1.66. The van der Waals surface area contributed by atoms with E-state index in [1.807, 2.05) is 30.3 Å². The van der Waals surface area contributed by atoms with Crippen molar-refractivity contribution in [2.24, 2.45) is 0 Å². The molecule has 0 aliphatic carbocycles. The quantitative estimate of drug-likeness (QED) is 0.509. The summed E-state index contributed by atoms with van der Waals surface area (Å²) in [7, 11) is 0. The minimum Gasteiger partial charge on any atom is -0.376 e. The van der Waals surface area contributed by atoms with Crippen LogP contribution in [0.15, 0.2) is 60.9 Å². The van der Waals surface area contributed by atoms with Crippen LogP contribution in [0.2, 0.25) is 10.0 Å². The lowest BCUT2D eigenvalue weighted by atomic mass is 9.79. The minimum atomic E-state index is -4.94. The molecule has 2 aromatic carbocycles. The molecule has 1 aromatic heterocycles. The van der Waals surface area contributed by atoms with Crippen LogP contribution in [0.3, 0.4) is 0 Å². The van der Waals surface area contributed by atoms with Crippen molar-refractivity contribution in [3.05, 3.63) is 87.7 Å². The van der Waals surface area contributed by atoms with E-state index in [-0.39, 0.29) is 16.1 Å². The van der Waals surface area contributed by atoms with Gasteiger partial charge in [-0.15, -0.1) is 0 Å². The molecule has 0 saturated heterocycles. The first kappa shape index (κ1) is 21.7. The molecule has 3 nitrogen and oxygen atoms in total. The third-order valence-electron chi connectivity index (χ3n) is 5.03. The molecule has 3 aromatic rings. The van der Waals surface area contributed by atoms with Crippen LogP contribution >= 0.6 is 23.2 Å². The fourth-order valence-electron chi connectivity index (χ4n) is 3.31. The average molecular weight is 443 g/mol. The monoisotopic (exact) mass is 442 g/mol. The summed E-state index contributed by atoms with van der Waals surface area (Å²) in [5.74, 6) is -1.38. The molecule has 154 valence electrons. The van der Waals surface area contributed by atoms with E-state index >= 15 is 0 Å². The van der Waals surface area contributed by atoms with Gasteiger partial charge in [0, 0.05) is 34.3 Å². The van der Waals surface area contributed by atoms with Crippen LogP contribution in [0.1, 0.15) is 29.5 Å². The Labute approximate surface area is 176 Å². The van der Waals surface area contributed by atoms with Gasteiger partial charge >= 0.3 is 6.18 Å². The number of hydrogen-bond acceptors (Lipinski definition) is 2. The zero-order chi connectivity index (χ0) is 21.2. The van der Waals surface area contributed by atoms with Crippen LogP contribution in [-0.4, -0.2) is 21.1 Å².